The molecule has 114 valence electrons. The van der Waals surface area contributed by atoms with Crippen molar-refractivity contribution in [3.63, 3.8) is 0 Å². The second-order valence-corrected chi connectivity index (χ2v) is 4.20. The first-order valence-electron chi connectivity index (χ1n) is 6.12. The second-order valence-electron chi connectivity index (χ2n) is 4.20. The Kier molecular flexibility index (Phi) is 6.77. The fourth-order valence-corrected chi connectivity index (χ4v) is 1.49. The molecular weight excluding hydrogens is 277 g/mol. The number of hydrogen-bond donors (Lipinski definition) is 2. The Hall–Kier alpha value is -1.31. The largest absolute Gasteiger partial charge is 0.573 e. The van der Waals surface area contributed by atoms with E-state index in [1.54, 1.807) is 0 Å². The lowest BCUT2D eigenvalue weighted by Gasteiger charge is -2.10. The maximum atomic E-state index is 11.9. The Labute approximate surface area is 114 Å². The molecule has 0 heterocycles. The molecule has 1 aromatic rings. The van der Waals surface area contributed by atoms with Gasteiger partial charge in [0.15, 0.2) is 0 Å². The quantitative estimate of drug-likeness (QED) is 0.722. The van der Waals surface area contributed by atoms with E-state index < -0.39 is 12.5 Å². The van der Waals surface area contributed by atoms with Crippen molar-refractivity contribution >= 4 is 0 Å². The summed E-state index contributed by atoms with van der Waals surface area (Å²) in [7, 11) is 0. The van der Waals surface area contributed by atoms with Gasteiger partial charge >= 0.3 is 6.36 Å². The van der Waals surface area contributed by atoms with E-state index >= 15 is 0 Å². The molecule has 0 aliphatic rings. The summed E-state index contributed by atoms with van der Waals surface area (Å²) in [5.41, 5.74) is 0.705. The zero-order chi connectivity index (χ0) is 15.0. The van der Waals surface area contributed by atoms with Crippen LogP contribution in [-0.2, 0) is 11.3 Å². The highest BCUT2D eigenvalue weighted by Crippen LogP contribution is 2.22. The number of halogens is 3. The highest BCUT2D eigenvalue weighted by molar-refractivity contribution is 5.26. The monoisotopic (exact) mass is 294 g/mol. The van der Waals surface area contributed by atoms with Crippen molar-refractivity contribution in [2.24, 2.45) is 0 Å². The first-order chi connectivity index (χ1) is 9.40. The van der Waals surface area contributed by atoms with Crippen LogP contribution >= 0.6 is 0 Å². The molecule has 0 saturated carbocycles. The molecule has 0 aromatic heterocycles. The van der Waals surface area contributed by atoms with E-state index in [0.29, 0.717) is 25.0 Å². The predicted molar refractivity (Wildman–Crippen MR) is 65.1 cm³/mol. The summed E-state index contributed by atoms with van der Waals surface area (Å²) in [5, 5.41) is 17.9. The zero-order valence-electron chi connectivity index (χ0n) is 10.8. The van der Waals surface area contributed by atoms with Gasteiger partial charge in [-0.15, -0.1) is 13.2 Å². The highest BCUT2D eigenvalue weighted by atomic mass is 19.4. The SMILES string of the molecule is OCCC(O)CCOCc1ccc(OC(F)(F)F)cc1. The molecule has 0 spiro atoms. The molecule has 0 aliphatic heterocycles. The van der Waals surface area contributed by atoms with Crippen LogP contribution in [0.25, 0.3) is 0 Å². The molecule has 1 aromatic carbocycles. The van der Waals surface area contributed by atoms with Crippen LogP contribution in [0.2, 0.25) is 0 Å². The summed E-state index contributed by atoms with van der Waals surface area (Å²) in [6.45, 7) is 0.460. The average Bonchev–Trinajstić information content (AvgIpc) is 2.35. The molecule has 7 heteroatoms. The van der Waals surface area contributed by atoms with E-state index in [4.69, 9.17) is 9.84 Å². The van der Waals surface area contributed by atoms with Crippen molar-refractivity contribution in [3.05, 3.63) is 29.8 Å². The Morgan fingerprint density at radius 2 is 1.75 bits per heavy atom. The third kappa shape index (κ3) is 7.32. The fourth-order valence-electron chi connectivity index (χ4n) is 1.49. The first kappa shape index (κ1) is 16.7. The fraction of sp³-hybridized carbons (Fsp3) is 0.538. The molecule has 0 fully saturated rings. The number of benzene rings is 1. The second kappa shape index (κ2) is 8.08. The van der Waals surface area contributed by atoms with Crippen LogP contribution in [-0.4, -0.2) is 35.9 Å². The normalized spacial score (nSPS) is 13.2. The van der Waals surface area contributed by atoms with Gasteiger partial charge in [-0.1, -0.05) is 12.1 Å². The van der Waals surface area contributed by atoms with Crippen LogP contribution < -0.4 is 4.74 Å². The Morgan fingerprint density at radius 3 is 2.30 bits per heavy atom. The Balaban J connectivity index is 2.28. The van der Waals surface area contributed by atoms with Gasteiger partial charge in [-0.05, 0) is 30.5 Å². The lowest BCUT2D eigenvalue weighted by molar-refractivity contribution is -0.274. The van der Waals surface area contributed by atoms with E-state index in [2.05, 4.69) is 4.74 Å². The summed E-state index contributed by atoms with van der Waals surface area (Å²) >= 11 is 0. The van der Waals surface area contributed by atoms with Crippen LogP contribution in [0, 0.1) is 0 Å². The molecule has 0 amide bonds. The van der Waals surface area contributed by atoms with Crippen LogP contribution in [0.1, 0.15) is 18.4 Å². The van der Waals surface area contributed by atoms with Gasteiger partial charge in [0.1, 0.15) is 5.75 Å². The van der Waals surface area contributed by atoms with Crippen molar-refractivity contribution in [1.29, 1.82) is 0 Å². The Morgan fingerprint density at radius 1 is 1.10 bits per heavy atom. The number of alkyl halides is 3. The summed E-state index contributed by atoms with van der Waals surface area (Å²) in [6.07, 6.45) is -4.61. The van der Waals surface area contributed by atoms with E-state index in [1.165, 1.54) is 24.3 Å². The van der Waals surface area contributed by atoms with Crippen LogP contribution in [0.5, 0.6) is 5.75 Å². The van der Waals surface area contributed by atoms with Gasteiger partial charge in [0.05, 0.1) is 12.7 Å². The van der Waals surface area contributed by atoms with Crippen molar-refractivity contribution in [2.45, 2.75) is 31.9 Å². The zero-order valence-corrected chi connectivity index (χ0v) is 10.8. The predicted octanol–water partition coefficient (Wildman–Crippen LogP) is 2.24. The maximum Gasteiger partial charge on any atom is 0.573 e. The summed E-state index contributed by atoms with van der Waals surface area (Å²) in [5.74, 6) is -0.278. The van der Waals surface area contributed by atoms with Gasteiger partial charge in [-0.3, -0.25) is 0 Å². The summed E-state index contributed by atoms with van der Waals surface area (Å²) < 4.78 is 44.8. The molecule has 1 unspecified atom stereocenters. The summed E-state index contributed by atoms with van der Waals surface area (Å²) in [6, 6.07) is 5.38. The topological polar surface area (TPSA) is 58.9 Å². The molecule has 0 saturated heterocycles. The molecule has 20 heavy (non-hydrogen) atoms. The molecule has 1 rings (SSSR count). The highest BCUT2D eigenvalue weighted by Gasteiger charge is 2.30. The van der Waals surface area contributed by atoms with Crippen LogP contribution in [0.4, 0.5) is 13.2 Å². The van der Waals surface area contributed by atoms with Crippen LogP contribution in [0.15, 0.2) is 24.3 Å². The van der Waals surface area contributed by atoms with Gasteiger partial charge in [0.2, 0.25) is 0 Å². The standard InChI is InChI=1S/C13H17F3O4/c14-13(15,16)20-12-3-1-10(2-4-12)9-19-8-6-11(18)5-7-17/h1-4,11,17-18H,5-9H2. The van der Waals surface area contributed by atoms with E-state index in [-0.39, 0.29) is 19.0 Å². The molecule has 4 nitrogen and oxygen atoms in total. The minimum atomic E-state index is -4.69. The molecule has 0 bridgehead atoms. The molecule has 0 radical (unpaired) electrons. The molecular formula is C13H17F3O4. The number of hydrogen-bond acceptors (Lipinski definition) is 4. The van der Waals surface area contributed by atoms with Gasteiger partial charge < -0.3 is 19.7 Å². The van der Waals surface area contributed by atoms with E-state index in [9.17, 15) is 18.3 Å². The lowest BCUT2D eigenvalue weighted by Crippen LogP contribution is -2.17. The first-order valence-corrected chi connectivity index (χ1v) is 6.12. The number of aliphatic hydroxyl groups excluding tert-OH is 2. The third-order valence-electron chi connectivity index (χ3n) is 2.48. The van der Waals surface area contributed by atoms with Crippen molar-refractivity contribution in [2.75, 3.05) is 13.2 Å². The van der Waals surface area contributed by atoms with Crippen molar-refractivity contribution in [3.8, 4) is 5.75 Å². The molecule has 1 atom stereocenters. The minimum Gasteiger partial charge on any atom is -0.406 e. The molecule has 2 N–H and O–H groups in total. The lowest BCUT2D eigenvalue weighted by atomic mass is 10.2. The Bertz CT molecular complexity index is 378. The van der Waals surface area contributed by atoms with Crippen molar-refractivity contribution in [1.82, 2.24) is 0 Å². The van der Waals surface area contributed by atoms with Crippen molar-refractivity contribution < 1.29 is 32.9 Å². The number of aliphatic hydroxyl groups is 2. The van der Waals surface area contributed by atoms with Gasteiger partial charge in [0.25, 0.3) is 0 Å². The van der Waals surface area contributed by atoms with Crippen LogP contribution in [0.3, 0.4) is 0 Å². The molecule has 0 aliphatic carbocycles. The number of ether oxygens (including phenoxy) is 2. The van der Waals surface area contributed by atoms with E-state index in [1.807, 2.05) is 0 Å². The van der Waals surface area contributed by atoms with Gasteiger partial charge in [0, 0.05) is 13.2 Å². The third-order valence-corrected chi connectivity index (χ3v) is 2.48. The average molecular weight is 294 g/mol. The van der Waals surface area contributed by atoms with Gasteiger partial charge in [-0.2, -0.15) is 0 Å². The van der Waals surface area contributed by atoms with E-state index in [0.717, 1.165) is 0 Å². The van der Waals surface area contributed by atoms with Gasteiger partial charge in [-0.25, -0.2) is 0 Å². The summed E-state index contributed by atoms with van der Waals surface area (Å²) in [4.78, 5) is 0. The number of rotatable bonds is 8. The smallest absolute Gasteiger partial charge is 0.406 e. The minimum absolute atomic E-state index is 0.0815. The maximum absolute atomic E-state index is 11.9.